The van der Waals surface area contributed by atoms with E-state index in [1.54, 1.807) is 0 Å². The van der Waals surface area contributed by atoms with Gasteiger partial charge in [0.2, 0.25) is 0 Å². The van der Waals surface area contributed by atoms with Crippen LogP contribution in [0.25, 0.3) is 11.0 Å². The molecule has 0 radical (unpaired) electrons. The predicted octanol–water partition coefficient (Wildman–Crippen LogP) is -1.19. The Morgan fingerprint density at radius 3 is 2.62 bits per heavy atom. The van der Waals surface area contributed by atoms with Crippen LogP contribution in [0.5, 0.6) is 0 Å². The summed E-state index contributed by atoms with van der Waals surface area (Å²) >= 11 is 0.784. The number of aliphatic hydroxyl groups excluding tert-OH is 4. The van der Waals surface area contributed by atoms with Crippen molar-refractivity contribution in [3.8, 4) is 0 Å². The lowest BCUT2D eigenvalue weighted by Crippen LogP contribution is -2.61. The highest BCUT2D eigenvalue weighted by Crippen LogP contribution is 2.32. The first-order chi connectivity index (χ1) is 11.4. The fourth-order valence-electron chi connectivity index (χ4n) is 2.55. The highest BCUT2D eigenvalue weighted by atomic mass is 32.1. The van der Waals surface area contributed by atoms with Gasteiger partial charge in [0.05, 0.1) is 28.9 Å². The van der Waals surface area contributed by atoms with Crippen LogP contribution in [-0.4, -0.2) is 71.3 Å². The molecule has 2 heterocycles. The first kappa shape index (κ1) is 16.9. The van der Waals surface area contributed by atoms with Crippen LogP contribution in [0.3, 0.4) is 0 Å². The standard InChI is InChI=1S/C12H14N4O7S/c17-3-6-10(18)11(19)9(12(20)23-6)13-4-1-2-5(16(21)22)8-7(4)14-24-15-8/h1-2,6,9-13,17-20H,3H2/t6-,9-,10-,11-,12?/m1/s1. The summed E-state index contributed by atoms with van der Waals surface area (Å²) in [6.45, 7) is -0.570. The molecule has 1 saturated heterocycles. The van der Waals surface area contributed by atoms with Crippen molar-refractivity contribution in [3.05, 3.63) is 22.2 Å². The zero-order valence-corrected chi connectivity index (χ0v) is 12.8. The molecule has 11 nitrogen and oxygen atoms in total. The molecule has 1 aliphatic heterocycles. The predicted molar refractivity (Wildman–Crippen MR) is 81.5 cm³/mol. The number of non-ortho nitro benzene ring substituents is 1. The summed E-state index contributed by atoms with van der Waals surface area (Å²) in [5, 5.41) is 52.8. The molecule has 1 aromatic carbocycles. The van der Waals surface area contributed by atoms with Gasteiger partial charge in [-0.1, -0.05) is 0 Å². The van der Waals surface area contributed by atoms with Crippen LogP contribution in [0.4, 0.5) is 11.4 Å². The number of nitro groups is 1. The molecule has 2 aromatic rings. The highest BCUT2D eigenvalue weighted by molar-refractivity contribution is 7.00. The molecule has 24 heavy (non-hydrogen) atoms. The number of rotatable bonds is 4. The van der Waals surface area contributed by atoms with E-state index in [1.165, 1.54) is 12.1 Å². The van der Waals surface area contributed by atoms with Gasteiger partial charge in [-0.15, -0.1) is 0 Å². The minimum atomic E-state index is -1.52. The van der Waals surface area contributed by atoms with Crippen molar-refractivity contribution in [2.75, 3.05) is 11.9 Å². The number of aromatic nitrogens is 2. The van der Waals surface area contributed by atoms with Crippen LogP contribution in [-0.2, 0) is 4.74 Å². The molecule has 12 heteroatoms. The molecule has 5 atom stereocenters. The van der Waals surface area contributed by atoms with E-state index >= 15 is 0 Å². The second kappa shape index (κ2) is 6.51. The van der Waals surface area contributed by atoms with E-state index in [1.807, 2.05) is 0 Å². The molecular weight excluding hydrogens is 344 g/mol. The Hall–Kier alpha value is -1.96. The number of nitrogens with zero attached hydrogens (tertiary/aromatic N) is 3. The first-order valence-electron chi connectivity index (χ1n) is 6.90. The van der Waals surface area contributed by atoms with Gasteiger partial charge in [-0.25, -0.2) is 0 Å². The van der Waals surface area contributed by atoms with Gasteiger partial charge in [-0.2, -0.15) is 8.75 Å². The number of fused-ring (bicyclic) bond motifs is 1. The smallest absolute Gasteiger partial charge is 0.298 e. The van der Waals surface area contributed by atoms with Crippen LogP contribution in [0.15, 0.2) is 12.1 Å². The number of hydrogen-bond acceptors (Lipinski definition) is 11. The van der Waals surface area contributed by atoms with E-state index in [2.05, 4.69) is 14.1 Å². The van der Waals surface area contributed by atoms with Crippen molar-refractivity contribution in [1.82, 2.24) is 8.75 Å². The van der Waals surface area contributed by atoms with Crippen molar-refractivity contribution >= 4 is 34.1 Å². The van der Waals surface area contributed by atoms with Gasteiger partial charge in [0.1, 0.15) is 29.9 Å². The third kappa shape index (κ3) is 2.79. The second-order valence-electron chi connectivity index (χ2n) is 5.25. The Morgan fingerprint density at radius 1 is 1.25 bits per heavy atom. The summed E-state index contributed by atoms with van der Waals surface area (Å²) in [6.07, 6.45) is -5.50. The largest absolute Gasteiger partial charge is 0.394 e. The molecular formula is C12H14N4O7S. The van der Waals surface area contributed by atoms with E-state index in [4.69, 9.17) is 9.84 Å². The third-order valence-corrected chi connectivity index (χ3v) is 4.34. The number of anilines is 1. The molecule has 1 aliphatic rings. The fourth-order valence-corrected chi connectivity index (χ4v) is 3.12. The van der Waals surface area contributed by atoms with Crippen LogP contribution in [0.1, 0.15) is 0 Å². The van der Waals surface area contributed by atoms with Gasteiger partial charge in [0.15, 0.2) is 11.8 Å². The lowest BCUT2D eigenvalue weighted by Gasteiger charge is -2.40. The number of benzene rings is 1. The average molecular weight is 358 g/mol. The molecule has 0 aliphatic carbocycles. The number of aliphatic hydroxyl groups is 4. The molecule has 1 unspecified atom stereocenters. The molecule has 5 N–H and O–H groups in total. The molecule has 1 aromatic heterocycles. The summed E-state index contributed by atoms with van der Waals surface area (Å²) in [5.74, 6) is 0. The van der Waals surface area contributed by atoms with Crippen LogP contribution < -0.4 is 5.32 Å². The summed E-state index contributed by atoms with van der Waals surface area (Å²) in [4.78, 5) is 10.4. The van der Waals surface area contributed by atoms with E-state index in [0.29, 0.717) is 0 Å². The van der Waals surface area contributed by atoms with Crippen molar-refractivity contribution in [2.45, 2.75) is 30.6 Å². The van der Waals surface area contributed by atoms with Gasteiger partial charge in [0, 0.05) is 6.07 Å². The summed E-state index contributed by atoms with van der Waals surface area (Å²) in [7, 11) is 0. The van der Waals surface area contributed by atoms with Crippen molar-refractivity contribution in [1.29, 1.82) is 0 Å². The first-order valence-corrected chi connectivity index (χ1v) is 7.63. The SMILES string of the molecule is O=[N+]([O-])c1ccc(N[C@H]2C(O)O[C@H](CO)[C@@H](O)[C@@H]2O)c2nsnc12. The summed E-state index contributed by atoms with van der Waals surface area (Å²) in [6, 6.07) is 1.46. The van der Waals surface area contributed by atoms with Crippen molar-refractivity contribution < 1.29 is 30.1 Å². The quantitative estimate of drug-likeness (QED) is 0.330. The van der Waals surface area contributed by atoms with Gasteiger partial charge >= 0.3 is 0 Å². The molecule has 0 saturated carbocycles. The number of nitro benzene ring substituents is 1. The van der Waals surface area contributed by atoms with E-state index in [-0.39, 0.29) is 22.4 Å². The Labute approximate surface area is 138 Å². The van der Waals surface area contributed by atoms with Gasteiger partial charge < -0.3 is 30.5 Å². The van der Waals surface area contributed by atoms with Gasteiger partial charge in [-0.05, 0) is 6.07 Å². The third-order valence-electron chi connectivity index (χ3n) is 3.81. The maximum absolute atomic E-state index is 11.0. The van der Waals surface area contributed by atoms with Crippen LogP contribution in [0, 0.1) is 10.1 Å². The normalized spacial score (nSPS) is 30.4. The van der Waals surface area contributed by atoms with E-state index in [0.717, 1.165) is 11.7 Å². The zero-order chi connectivity index (χ0) is 17.4. The van der Waals surface area contributed by atoms with Gasteiger partial charge in [-0.3, -0.25) is 10.1 Å². The van der Waals surface area contributed by atoms with E-state index < -0.39 is 42.2 Å². The van der Waals surface area contributed by atoms with Crippen molar-refractivity contribution in [3.63, 3.8) is 0 Å². The zero-order valence-electron chi connectivity index (χ0n) is 12.0. The second-order valence-corrected chi connectivity index (χ2v) is 5.78. The van der Waals surface area contributed by atoms with Crippen molar-refractivity contribution in [2.24, 2.45) is 0 Å². The topological polar surface area (TPSA) is 171 Å². The Bertz CT molecular complexity index is 756. The van der Waals surface area contributed by atoms with Gasteiger partial charge in [0.25, 0.3) is 5.69 Å². The summed E-state index contributed by atoms with van der Waals surface area (Å²) < 4.78 is 12.9. The molecule has 130 valence electrons. The maximum Gasteiger partial charge on any atom is 0.298 e. The molecule has 1 fully saturated rings. The lowest BCUT2D eigenvalue weighted by atomic mass is 9.96. The van der Waals surface area contributed by atoms with E-state index in [9.17, 15) is 25.4 Å². The lowest BCUT2D eigenvalue weighted by molar-refractivity contribution is -0.383. The maximum atomic E-state index is 11.0. The average Bonchev–Trinajstić information content (AvgIpc) is 3.04. The van der Waals surface area contributed by atoms with Crippen LogP contribution in [0.2, 0.25) is 0 Å². The fraction of sp³-hybridized carbons (Fsp3) is 0.500. The van der Waals surface area contributed by atoms with Crippen LogP contribution >= 0.6 is 11.7 Å². The Kier molecular flexibility index (Phi) is 4.58. The Morgan fingerprint density at radius 2 is 1.96 bits per heavy atom. The molecule has 0 amide bonds. The number of ether oxygens (including phenoxy) is 1. The molecule has 0 spiro atoms. The minimum Gasteiger partial charge on any atom is -0.394 e. The Balaban J connectivity index is 1.91. The summed E-state index contributed by atoms with van der Waals surface area (Å²) in [5.41, 5.74) is 0.341. The highest BCUT2D eigenvalue weighted by Gasteiger charge is 2.43. The molecule has 3 rings (SSSR count). The monoisotopic (exact) mass is 358 g/mol. The molecule has 0 bridgehead atoms. The minimum absolute atomic E-state index is 0.0736. The number of nitrogens with one attached hydrogen (secondary N) is 1. The number of hydrogen-bond donors (Lipinski definition) is 5.